The second-order valence-electron chi connectivity index (χ2n) is 7.18. The molecule has 0 aliphatic heterocycles. The summed E-state index contributed by atoms with van der Waals surface area (Å²) in [5, 5.41) is 4.47. The molecule has 0 spiro atoms. The number of carbonyl (C=O) groups is 2. The summed E-state index contributed by atoms with van der Waals surface area (Å²) in [4.78, 5) is 26.4. The van der Waals surface area contributed by atoms with Gasteiger partial charge in [-0.05, 0) is 54.6 Å². The van der Waals surface area contributed by atoms with Gasteiger partial charge in [0.05, 0.1) is 12.1 Å². The molecule has 4 rings (SSSR count). The first-order valence-electron chi connectivity index (χ1n) is 10.4. The first-order chi connectivity index (χ1) is 16.5. The monoisotopic (exact) mass is 511 g/mol. The van der Waals surface area contributed by atoms with Crippen molar-refractivity contribution < 1.29 is 14.3 Å². The van der Waals surface area contributed by atoms with Crippen LogP contribution in [0.25, 0.3) is 10.1 Å². The molecule has 9 heteroatoms. The van der Waals surface area contributed by atoms with Gasteiger partial charge in [-0.1, -0.05) is 29.8 Å². The van der Waals surface area contributed by atoms with Gasteiger partial charge in [0.2, 0.25) is 0 Å². The molecule has 0 atom stereocenters. The standard InChI is InChI=1S/C25H22ClN3O3S2/c1-32-18-9-12-20-21(15-18)34-23(22(20)26)25(31)29-28-24(30)16-7-10-19(11-8-16)33-14-13-27-17-5-3-2-4-6-17/h2-12,15,27H,13-14H2,1H3,(H,28,30)(H,29,31). The number of hydrogen-bond donors (Lipinski definition) is 3. The van der Waals surface area contributed by atoms with Crippen LogP contribution in [0.4, 0.5) is 5.69 Å². The van der Waals surface area contributed by atoms with Crippen LogP contribution in [0.1, 0.15) is 20.0 Å². The molecular weight excluding hydrogens is 490 g/mol. The van der Waals surface area contributed by atoms with Crippen LogP contribution in [0, 0.1) is 0 Å². The van der Waals surface area contributed by atoms with Crippen LogP contribution in [0.15, 0.2) is 77.7 Å². The van der Waals surface area contributed by atoms with Gasteiger partial charge in [0.1, 0.15) is 10.6 Å². The molecule has 0 saturated heterocycles. The van der Waals surface area contributed by atoms with E-state index in [1.54, 1.807) is 43.1 Å². The van der Waals surface area contributed by atoms with Crippen LogP contribution in [-0.2, 0) is 0 Å². The predicted octanol–water partition coefficient (Wildman–Crippen LogP) is 5.84. The highest BCUT2D eigenvalue weighted by Gasteiger charge is 2.18. The maximum Gasteiger partial charge on any atom is 0.281 e. The fraction of sp³-hybridized carbons (Fsp3) is 0.120. The van der Waals surface area contributed by atoms with Crippen molar-refractivity contribution in [2.75, 3.05) is 24.7 Å². The summed E-state index contributed by atoms with van der Waals surface area (Å²) in [6.45, 7) is 0.829. The van der Waals surface area contributed by atoms with Crippen LogP contribution in [0.5, 0.6) is 5.75 Å². The van der Waals surface area contributed by atoms with Crippen LogP contribution in [-0.4, -0.2) is 31.2 Å². The van der Waals surface area contributed by atoms with E-state index >= 15 is 0 Å². The minimum absolute atomic E-state index is 0.320. The molecule has 6 nitrogen and oxygen atoms in total. The molecular formula is C25H22ClN3O3S2. The van der Waals surface area contributed by atoms with E-state index < -0.39 is 11.8 Å². The zero-order chi connectivity index (χ0) is 23.9. The lowest BCUT2D eigenvalue weighted by molar-refractivity contribution is 0.0849. The number of methoxy groups -OCH3 is 1. The summed E-state index contributed by atoms with van der Waals surface area (Å²) in [7, 11) is 1.58. The molecule has 0 saturated carbocycles. The maximum absolute atomic E-state index is 12.6. The quantitative estimate of drug-likeness (QED) is 0.157. The summed E-state index contributed by atoms with van der Waals surface area (Å²) < 4.78 is 6.04. The Bertz CT molecular complexity index is 1290. The lowest BCUT2D eigenvalue weighted by atomic mass is 10.2. The third-order valence-electron chi connectivity index (χ3n) is 4.92. The van der Waals surface area contributed by atoms with Crippen LogP contribution in [0.2, 0.25) is 5.02 Å². The number of fused-ring (bicyclic) bond motifs is 1. The van der Waals surface area contributed by atoms with Gasteiger partial charge in [0.15, 0.2) is 0 Å². The van der Waals surface area contributed by atoms with Gasteiger partial charge in [-0.2, -0.15) is 0 Å². The Morgan fingerprint density at radius 2 is 1.71 bits per heavy atom. The first-order valence-corrected chi connectivity index (χ1v) is 12.6. The van der Waals surface area contributed by atoms with Crippen molar-refractivity contribution in [1.82, 2.24) is 10.9 Å². The third kappa shape index (κ3) is 5.83. The number of thiophene rings is 1. The first kappa shape index (κ1) is 23.9. The van der Waals surface area contributed by atoms with Crippen molar-refractivity contribution in [1.29, 1.82) is 0 Å². The van der Waals surface area contributed by atoms with E-state index in [0.717, 1.165) is 33.0 Å². The van der Waals surface area contributed by atoms with Crippen LogP contribution in [0.3, 0.4) is 0 Å². The zero-order valence-electron chi connectivity index (χ0n) is 18.3. The van der Waals surface area contributed by atoms with E-state index in [2.05, 4.69) is 16.2 Å². The zero-order valence-corrected chi connectivity index (χ0v) is 20.7. The summed E-state index contributed by atoms with van der Waals surface area (Å²) in [6, 6.07) is 22.7. The van der Waals surface area contributed by atoms with Crippen molar-refractivity contribution in [2.24, 2.45) is 0 Å². The Hall–Kier alpha value is -3.20. The highest BCUT2D eigenvalue weighted by atomic mass is 35.5. The van der Waals surface area contributed by atoms with E-state index in [4.69, 9.17) is 16.3 Å². The molecule has 1 heterocycles. The molecule has 174 valence electrons. The van der Waals surface area contributed by atoms with E-state index in [-0.39, 0.29) is 0 Å². The lowest BCUT2D eigenvalue weighted by Gasteiger charge is -2.08. The number of para-hydroxylation sites is 1. The maximum atomic E-state index is 12.6. The molecule has 3 N–H and O–H groups in total. The molecule has 2 amide bonds. The van der Waals surface area contributed by atoms with Crippen molar-refractivity contribution in [2.45, 2.75) is 4.90 Å². The normalized spacial score (nSPS) is 10.6. The number of thioether (sulfide) groups is 1. The number of rotatable bonds is 8. The molecule has 0 unspecified atom stereocenters. The molecule has 0 aliphatic rings. The smallest absolute Gasteiger partial charge is 0.281 e. The van der Waals surface area contributed by atoms with Gasteiger partial charge in [-0.25, -0.2) is 0 Å². The fourth-order valence-corrected chi connectivity index (χ4v) is 5.39. The lowest BCUT2D eigenvalue weighted by Crippen LogP contribution is -2.41. The minimum atomic E-state index is -0.475. The number of amides is 2. The van der Waals surface area contributed by atoms with E-state index in [1.807, 2.05) is 48.5 Å². The summed E-state index contributed by atoms with van der Waals surface area (Å²) >= 11 is 9.30. The highest BCUT2D eigenvalue weighted by Crippen LogP contribution is 2.37. The number of hydrogen-bond acceptors (Lipinski definition) is 6. The van der Waals surface area contributed by atoms with Crippen molar-refractivity contribution in [3.05, 3.63) is 88.3 Å². The molecule has 0 bridgehead atoms. The fourth-order valence-electron chi connectivity index (χ4n) is 3.18. The number of benzene rings is 3. The van der Waals surface area contributed by atoms with E-state index in [9.17, 15) is 9.59 Å². The van der Waals surface area contributed by atoms with Gasteiger partial charge in [0.25, 0.3) is 11.8 Å². The average molecular weight is 512 g/mol. The number of hydrazine groups is 1. The Kier molecular flexibility index (Phi) is 7.95. The van der Waals surface area contributed by atoms with E-state index in [1.165, 1.54) is 11.3 Å². The largest absolute Gasteiger partial charge is 0.497 e. The minimum Gasteiger partial charge on any atom is -0.497 e. The molecule has 4 aromatic rings. The Morgan fingerprint density at radius 1 is 0.971 bits per heavy atom. The second kappa shape index (κ2) is 11.3. The predicted molar refractivity (Wildman–Crippen MR) is 140 cm³/mol. The van der Waals surface area contributed by atoms with Gasteiger partial charge in [-0.3, -0.25) is 20.4 Å². The molecule has 0 fully saturated rings. The topological polar surface area (TPSA) is 79.5 Å². The van der Waals surface area contributed by atoms with Crippen molar-refractivity contribution >= 4 is 62.3 Å². The number of anilines is 1. The Balaban J connectivity index is 1.28. The molecule has 3 aromatic carbocycles. The average Bonchev–Trinajstić information content (AvgIpc) is 3.21. The van der Waals surface area contributed by atoms with Crippen molar-refractivity contribution in [3.63, 3.8) is 0 Å². The molecule has 34 heavy (non-hydrogen) atoms. The number of nitrogens with one attached hydrogen (secondary N) is 3. The summed E-state index contributed by atoms with van der Waals surface area (Å²) in [5.74, 6) is 0.684. The van der Waals surface area contributed by atoms with Gasteiger partial charge in [-0.15, -0.1) is 23.1 Å². The summed E-state index contributed by atoms with van der Waals surface area (Å²) in [5.41, 5.74) is 6.43. The second-order valence-corrected chi connectivity index (χ2v) is 9.78. The summed E-state index contributed by atoms with van der Waals surface area (Å²) in [6.07, 6.45) is 0. The third-order valence-corrected chi connectivity index (χ3v) is 7.59. The van der Waals surface area contributed by atoms with Crippen LogP contribution >= 0.6 is 34.7 Å². The van der Waals surface area contributed by atoms with Crippen LogP contribution < -0.4 is 20.9 Å². The van der Waals surface area contributed by atoms with E-state index in [0.29, 0.717) is 21.2 Å². The number of halogens is 1. The number of ether oxygens (including phenoxy) is 1. The molecule has 0 radical (unpaired) electrons. The van der Waals surface area contributed by atoms with Gasteiger partial charge >= 0.3 is 0 Å². The Labute approximate surface area is 210 Å². The highest BCUT2D eigenvalue weighted by molar-refractivity contribution is 7.99. The Morgan fingerprint density at radius 3 is 2.44 bits per heavy atom. The SMILES string of the molecule is COc1ccc2c(Cl)c(C(=O)NNC(=O)c3ccc(SCCNc4ccccc4)cc3)sc2c1. The molecule has 0 aliphatic carbocycles. The van der Waals surface area contributed by atoms with Gasteiger partial charge in [0, 0.05) is 38.5 Å². The molecule has 1 aromatic heterocycles. The van der Waals surface area contributed by atoms with Crippen molar-refractivity contribution in [3.8, 4) is 5.75 Å². The van der Waals surface area contributed by atoms with Gasteiger partial charge < -0.3 is 10.1 Å². The number of carbonyl (C=O) groups excluding carboxylic acids is 2.